The van der Waals surface area contributed by atoms with Gasteiger partial charge in [0.05, 0.1) is 0 Å². The maximum Gasteiger partial charge on any atom is 0.315 e. The molecule has 0 saturated carbocycles. The van der Waals surface area contributed by atoms with Crippen LogP contribution in [0.2, 0.25) is 0 Å². The Morgan fingerprint density at radius 2 is 1.68 bits per heavy atom. The topological polar surface area (TPSA) is 81.7 Å². The summed E-state index contributed by atoms with van der Waals surface area (Å²) in [5.41, 5.74) is 0.198. The average Bonchev–Trinajstić information content (AvgIpc) is 2.56. The molecular formula is C19H27NO5. The molecule has 138 valence electrons. The molecule has 0 aliphatic heterocycles. The first-order valence-electron chi connectivity index (χ1n) is 8.44. The highest BCUT2D eigenvalue weighted by Crippen LogP contribution is 2.22. The Bertz CT molecular complexity index is 587. The molecule has 1 aromatic rings. The largest absolute Gasteiger partial charge is 0.490 e. The van der Waals surface area contributed by atoms with Crippen molar-refractivity contribution in [3.63, 3.8) is 0 Å². The normalized spacial score (nSPS) is 10.9. The number of ether oxygens (including phenoxy) is 2. The van der Waals surface area contributed by atoms with Crippen LogP contribution in [0.4, 0.5) is 0 Å². The molecule has 1 aromatic carbocycles. The van der Waals surface area contributed by atoms with E-state index in [-0.39, 0.29) is 31.3 Å². The van der Waals surface area contributed by atoms with Gasteiger partial charge in [0.1, 0.15) is 25.4 Å². The van der Waals surface area contributed by atoms with Gasteiger partial charge < -0.3 is 14.8 Å². The Morgan fingerprint density at radius 1 is 1.04 bits per heavy atom. The van der Waals surface area contributed by atoms with Gasteiger partial charge in [0, 0.05) is 17.5 Å². The van der Waals surface area contributed by atoms with Gasteiger partial charge in [-0.1, -0.05) is 27.7 Å². The summed E-state index contributed by atoms with van der Waals surface area (Å²) in [5.74, 6) is -0.272. The van der Waals surface area contributed by atoms with Gasteiger partial charge in [-0.3, -0.25) is 14.4 Å². The van der Waals surface area contributed by atoms with Gasteiger partial charge in [-0.25, -0.2) is 0 Å². The summed E-state index contributed by atoms with van der Waals surface area (Å²) >= 11 is 0. The lowest BCUT2D eigenvalue weighted by atomic mass is 9.86. The number of hydrogen-bond donors (Lipinski definition) is 1. The summed E-state index contributed by atoms with van der Waals surface area (Å²) in [6, 6.07) is 6.85. The monoisotopic (exact) mass is 349 g/mol. The SMILES string of the molecule is CCCNC(=O)CC(=O)OCCOc1ccc(C(=O)C(C)(C)C)cc1. The van der Waals surface area contributed by atoms with E-state index in [1.165, 1.54) is 0 Å². The van der Waals surface area contributed by atoms with Crippen LogP contribution in [0.1, 0.15) is 50.9 Å². The number of ketones is 1. The third-order valence-corrected chi connectivity index (χ3v) is 3.29. The highest BCUT2D eigenvalue weighted by molar-refractivity contribution is 5.99. The van der Waals surface area contributed by atoms with Crippen LogP contribution in [0.25, 0.3) is 0 Å². The fraction of sp³-hybridized carbons (Fsp3) is 0.526. The van der Waals surface area contributed by atoms with Crippen LogP contribution in [0, 0.1) is 5.41 Å². The molecule has 0 bridgehead atoms. The Balaban J connectivity index is 2.31. The molecule has 6 heteroatoms. The first kappa shape index (κ1) is 20.7. The molecular weight excluding hydrogens is 322 g/mol. The molecule has 1 rings (SSSR count). The molecule has 0 fully saturated rings. The van der Waals surface area contributed by atoms with Crippen LogP contribution in [-0.4, -0.2) is 37.4 Å². The fourth-order valence-corrected chi connectivity index (χ4v) is 1.96. The van der Waals surface area contributed by atoms with E-state index in [2.05, 4.69) is 5.32 Å². The first-order valence-corrected chi connectivity index (χ1v) is 8.44. The molecule has 0 heterocycles. The number of hydrogen-bond acceptors (Lipinski definition) is 5. The van der Waals surface area contributed by atoms with Crippen molar-refractivity contribution in [3.05, 3.63) is 29.8 Å². The zero-order valence-electron chi connectivity index (χ0n) is 15.4. The van der Waals surface area contributed by atoms with Crippen LogP contribution in [0.15, 0.2) is 24.3 Å². The van der Waals surface area contributed by atoms with E-state index in [9.17, 15) is 14.4 Å². The van der Waals surface area contributed by atoms with Crippen LogP contribution in [0.5, 0.6) is 5.75 Å². The lowest BCUT2D eigenvalue weighted by molar-refractivity contribution is -0.147. The number of esters is 1. The molecule has 0 atom stereocenters. The lowest BCUT2D eigenvalue weighted by Gasteiger charge is -2.16. The standard InChI is InChI=1S/C19H27NO5/c1-5-10-20-16(21)13-17(22)25-12-11-24-15-8-6-14(7-9-15)18(23)19(2,3)4/h6-9H,5,10-13H2,1-4H3,(H,20,21). The van der Waals surface area contributed by atoms with Gasteiger partial charge in [-0.15, -0.1) is 0 Å². The molecule has 0 unspecified atom stereocenters. The van der Waals surface area contributed by atoms with Gasteiger partial charge >= 0.3 is 5.97 Å². The second-order valence-electron chi connectivity index (χ2n) is 6.70. The minimum absolute atomic E-state index is 0.0581. The Labute approximate surface area is 148 Å². The molecule has 0 spiro atoms. The number of benzene rings is 1. The number of carbonyl (C=O) groups excluding carboxylic acids is 3. The van der Waals surface area contributed by atoms with Crippen molar-refractivity contribution in [2.45, 2.75) is 40.5 Å². The molecule has 25 heavy (non-hydrogen) atoms. The summed E-state index contributed by atoms with van der Waals surface area (Å²) in [5, 5.41) is 2.61. The smallest absolute Gasteiger partial charge is 0.315 e. The van der Waals surface area contributed by atoms with E-state index < -0.39 is 11.4 Å². The van der Waals surface area contributed by atoms with Gasteiger partial charge in [0.2, 0.25) is 5.91 Å². The summed E-state index contributed by atoms with van der Waals surface area (Å²) < 4.78 is 10.4. The van der Waals surface area contributed by atoms with Gasteiger partial charge in [-0.05, 0) is 30.7 Å². The molecule has 0 aliphatic carbocycles. The van der Waals surface area contributed by atoms with Crippen molar-refractivity contribution in [1.82, 2.24) is 5.32 Å². The molecule has 1 amide bonds. The van der Waals surface area contributed by atoms with Crippen molar-refractivity contribution >= 4 is 17.7 Å². The maximum atomic E-state index is 12.1. The molecule has 0 saturated heterocycles. The average molecular weight is 349 g/mol. The molecule has 0 aromatic heterocycles. The van der Waals surface area contributed by atoms with Crippen molar-refractivity contribution < 1.29 is 23.9 Å². The lowest BCUT2D eigenvalue weighted by Crippen LogP contribution is -2.27. The predicted molar refractivity (Wildman–Crippen MR) is 94.6 cm³/mol. The Morgan fingerprint density at radius 3 is 2.24 bits per heavy atom. The highest BCUT2D eigenvalue weighted by Gasteiger charge is 2.22. The summed E-state index contributed by atoms with van der Waals surface area (Å²) in [4.78, 5) is 35.0. The second kappa shape index (κ2) is 9.81. The van der Waals surface area contributed by atoms with Crippen LogP contribution in [0.3, 0.4) is 0 Å². The molecule has 0 aliphatic rings. The van der Waals surface area contributed by atoms with Gasteiger partial charge in [0.15, 0.2) is 5.78 Å². The maximum absolute atomic E-state index is 12.1. The molecule has 6 nitrogen and oxygen atoms in total. The third kappa shape index (κ3) is 7.83. The molecule has 1 N–H and O–H groups in total. The minimum atomic E-state index is -0.580. The Kier molecular flexibility index (Phi) is 8.11. The number of Topliss-reactive ketones (excluding diaryl/α,β-unsaturated/α-hetero) is 1. The van der Waals surface area contributed by atoms with E-state index in [4.69, 9.17) is 9.47 Å². The van der Waals surface area contributed by atoms with Crippen LogP contribution < -0.4 is 10.1 Å². The van der Waals surface area contributed by atoms with E-state index in [1.807, 2.05) is 27.7 Å². The highest BCUT2D eigenvalue weighted by atomic mass is 16.6. The van der Waals surface area contributed by atoms with Crippen molar-refractivity contribution in [2.75, 3.05) is 19.8 Å². The second-order valence-corrected chi connectivity index (χ2v) is 6.70. The summed E-state index contributed by atoms with van der Waals surface area (Å²) in [6.45, 7) is 8.33. The van der Waals surface area contributed by atoms with Crippen LogP contribution in [-0.2, 0) is 14.3 Å². The van der Waals surface area contributed by atoms with Crippen LogP contribution >= 0.6 is 0 Å². The minimum Gasteiger partial charge on any atom is -0.490 e. The molecule has 0 radical (unpaired) electrons. The predicted octanol–water partition coefficient (Wildman–Crippen LogP) is 2.75. The number of amides is 1. The quantitative estimate of drug-likeness (QED) is 0.321. The number of carbonyl (C=O) groups is 3. The van der Waals surface area contributed by atoms with E-state index in [0.29, 0.717) is 17.9 Å². The number of nitrogens with one attached hydrogen (secondary N) is 1. The van der Waals surface area contributed by atoms with E-state index >= 15 is 0 Å². The Hall–Kier alpha value is -2.37. The van der Waals surface area contributed by atoms with E-state index in [0.717, 1.165) is 6.42 Å². The zero-order chi connectivity index (χ0) is 18.9. The number of rotatable bonds is 9. The first-order chi connectivity index (χ1) is 11.7. The summed E-state index contributed by atoms with van der Waals surface area (Å²) in [7, 11) is 0. The zero-order valence-corrected chi connectivity index (χ0v) is 15.4. The summed E-state index contributed by atoms with van der Waals surface area (Å²) in [6.07, 6.45) is 0.526. The van der Waals surface area contributed by atoms with Crippen molar-refractivity contribution in [3.8, 4) is 5.75 Å². The van der Waals surface area contributed by atoms with Crippen molar-refractivity contribution in [2.24, 2.45) is 5.41 Å². The third-order valence-electron chi connectivity index (χ3n) is 3.29. The fourth-order valence-electron chi connectivity index (χ4n) is 1.96. The van der Waals surface area contributed by atoms with Gasteiger partial charge in [0.25, 0.3) is 0 Å². The van der Waals surface area contributed by atoms with Crippen molar-refractivity contribution in [1.29, 1.82) is 0 Å². The van der Waals surface area contributed by atoms with Gasteiger partial charge in [-0.2, -0.15) is 0 Å². The van der Waals surface area contributed by atoms with E-state index in [1.54, 1.807) is 24.3 Å².